The molecule has 27 heavy (non-hydrogen) atoms. The number of hydrogen-bond donors (Lipinski definition) is 2. The number of hydrogen-bond acceptors (Lipinski definition) is 2. The normalized spacial score (nSPS) is 12.5. The van der Waals surface area contributed by atoms with Crippen molar-refractivity contribution >= 4 is 17.6 Å². The van der Waals surface area contributed by atoms with Gasteiger partial charge in [0, 0.05) is 0 Å². The molecular weight excluding hydrogens is 359 g/mol. The lowest BCUT2D eigenvalue weighted by molar-refractivity contribution is -0.140. The minimum absolute atomic E-state index is 0.120. The number of carbonyl (C=O) groups is 2. The van der Waals surface area contributed by atoms with Crippen molar-refractivity contribution in [3.05, 3.63) is 64.7 Å². The summed E-state index contributed by atoms with van der Waals surface area (Å²) in [5.41, 5.74) is 1.33. The average molecular weight is 379 g/mol. The third kappa shape index (κ3) is 5.84. The molecule has 2 aromatic rings. The Morgan fingerprint density at radius 3 is 2.22 bits per heavy atom. The highest BCUT2D eigenvalue weighted by atomic mass is 19.4. The minimum Gasteiger partial charge on any atom is -0.481 e. The van der Waals surface area contributed by atoms with Gasteiger partial charge in [0.1, 0.15) is 0 Å². The minimum atomic E-state index is -4.63. The lowest BCUT2D eigenvalue weighted by Crippen LogP contribution is -2.28. The van der Waals surface area contributed by atoms with Crippen molar-refractivity contribution in [3.8, 4) is 0 Å². The number of amides is 1. The Balaban J connectivity index is 2.27. The maximum absolute atomic E-state index is 13.1. The van der Waals surface area contributed by atoms with E-state index in [0.717, 1.165) is 28.8 Å². The molecule has 0 aliphatic carbocycles. The van der Waals surface area contributed by atoms with Crippen molar-refractivity contribution in [1.82, 2.24) is 0 Å². The second-order valence-corrected chi connectivity index (χ2v) is 6.53. The molecule has 7 heteroatoms. The van der Waals surface area contributed by atoms with E-state index in [0.29, 0.717) is 0 Å². The number of aliphatic carboxylic acids is 1. The molecule has 0 bridgehead atoms. The zero-order chi connectivity index (χ0) is 20.2. The van der Waals surface area contributed by atoms with Gasteiger partial charge in [-0.2, -0.15) is 13.2 Å². The molecule has 1 atom stereocenters. The zero-order valence-corrected chi connectivity index (χ0v) is 14.9. The Labute approximate surface area is 155 Å². The van der Waals surface area contributed by atoms with Crippen LogP contribution in [-0.2, 0) is 22.2 Å². The van der Waals surface area contributed by atoms with Crippen LogP contribution in [0.2, 0.25) is 0 Å². The summed E-state index contributed by atoms with van der Waals surface area (Å²) >= 11 is 0. The number of aryl methyl sites for hydroxylation is 2. The van der Waals surface area contributed by atoms with Crippen LogP contribution in [0.25, 0.3) is 0 Å². The smallest absolute Gasteiger partial charge is 0.418 e. The molecule has 2 aromatic carbocycles. The van der Waals surface area contributed by atoms with Gasteiger partial charge in [-0.25, -0.2) is 0 Å². The number of rotatable bonds is 6. The Kier molecular flexibility index (Phi) is 6.25. The summed E-state index contributed by atoms with van der Waals surface area (Å²) in [6, 6.07) is 10.2. The second-order valence-electron chi connectivity index (χ2n) is 6.53. The van der Waals surface area contributed by atoms with E-state index in [2.05, 4.69) is 5.32 Å². The molecule has 1 unspecified atom stereocenters. The highest BCUT2D eigenvalue weighted by molar-refractivity contribution is 5.95. The number of benzene rings is 2. The van der Waals surface area contributed by atoms with Gasteiger partial charge >= 0.3 is 12.1 Å². The molecule has 144 valence electrons. The van der Waals surface area contributed by atoms with Gasteiger partial charge in [-0.15, -0.1) is 0 Å². The Morgan fingerprint density at radius 1 is 1.07 bits per heavy atom. The van der Waals surface area contributed by atoms with Crippen LogP contribution < -0.4 is 5.32 Å². The fourth-order valence-corrected chi connectivity index (χ4v) is 3.01. The predicted molar refractivity (Wildman–Crippen MR) is 95.4 cm³/mol. The maximum Gasteiger partial charge on any atom is 0.418 e. The van der Waals surface area contributed by atoms with E-state index in [9.17, 15) is 22.8 Å². The summed E-state index contributed by atoms with van der Waals surface area (Å²) in [4.78, 5) is 23.7. The van der Waals surface area contributed by atoms with Crippen LogP contribution in [0.3, 0.4) is 0 Å². The number of nitrogens with one attached hydrogen (secondary N) is 1. The summed E-state index contributed by atoms with van der Waals surface area (Å²) in [6.45, 7) is 3.75. The molecule has 2 rings (SSSR count). The highest BCUT2D eigenvalue weighted by Gasteiger charge is 2.34. The first-order chi connectivity index (χ1) is 12.6. The number of halogens is 3. The van der Waals surface area contributed by atoms with Crippen molar-refractivity contribution in [2.75, 3.05) is 5.32 Å². The molecule has 2 N–H and O–H groups in total. The largest absolute Gasteiger partial charge is 0.481 e. The number of carbonyl (C=O) groups excluding carboxylic acids is 1. The van der Waals surface area contributed by atoms with Crippen LogP contribution in [-0.4, -0.2) is 17.0 Å². The molecule has 0 spiro atoms. The molecule has 0 radical (unpaired) electrons. The van der Waals surface area contributed by atoms with Crippen LogP contribution in [0, 0.1) is 19.8 Å². The van der Waals surface area contributed by atoms with E-state index in [4.69, 9.17) is 5.11 Å². The van der Waals surface area contributed by atoms with E-state index in [1.165, 1.54) is 12.1 Å². The van der Waals surface area contributed by atoms with Crippen LogP contribution in [0.1, 0.15) is 28.7 Å². The van der Waals surface area contributed by atoms with Crippen molar-refractivity contribution in [1.29, 1.82) is 0 Å². The molecule has 1 amide bonds. The summed E-state index contributed by atoms with van der Waals surface area (Å²) in [5, 5.41) is 11.4. The van der Waals surface area contributed by atoms with Gasteiger partial charge in [0.2, 0.25) is 5.91 Å². The van der Waals surface area contributed by atoms with Crippen molar-refractivity contribution < 1.29 is 27.9 Å². The number of carboxylic acids is 1. The van der Waals surface area contributed by atoms with E-state index in [1.54, 1.807) is 0 Å². The summed E-state index contributed by atoms with van der Waals surface area (Å²) < 4.78 is 39.3. The third-order valence-electron chi connectivity index (χ3n) is 4.05. The van der Waals surface area contributed by atoms with Crippen LogP contribution in [0.5, 0.6) is 0 Å². The first-order valence-corrected chi connectivity index (χ1v) is 8.32. The monoisotopic (exact) mass is 379 g/mol. The molecule has 0 aliphatic heterocycles. The fourth-order valence-electron chi connectivity index (χ4n) is 3.01. The first kappa shape index (κ1) is 20.5. The number of anilines is 1. The standard InChI is InChI=1S/C20H20F3NO3/c1-12-7-13(2)9-14(8-12)10-15(11-18(25)26)19(27)24-17-6-4-3-5-16(17)20(21,22)23/h3-9,15H,10-11H2,1-2H3,(H,24,27)(H,25,26). The van der Waals surface area contributed by atoms with E-state index in [1.807, 2.05) is 32.0 Å². The van der Waals surface area contributed by atoms with E-state index >= 15 is 0 Å². The summed E-state index contributed by atoms with van der Waals surface area (Å²) in [7, 11) is 0. The topological polar surface area (TPSA) is 66.4 Å². The first-order valence-electron chi connectivity index (χ1n) is 8.32. The van der Waals surface area contributed by atoms with E-state index < -0.39 is 36.0 Å². The van der Waals surface area contributed by atoms with Crippen LogP contribution >= 0.6 is 0 Å². The lowest BCUT2D eigenvalue weighted by atomic mass is 9.93. The number of para-hydroxylation sites is 1. The quantitative estimate of drug-likeness (QED) is 0.771. The predicted octanol–water partition coefficient (Wildman–Crippen LogP) is 4.59. The Morgan fingerprint density at radius 2 is 1.67 bits per heavy atom. The average Bonchev–Trinajstić information content (AvgIpc) is 2.52. The van der Waals surface area contributed by atoms with Gasteiger partial charge in [-0.05, 0) is 38.0 Å². The van der Waals surface area contributed by atoms with Crippen molar-refractivity contribution in [3.63, 3.8) is 0 Å². The van der Waals surface area contributed by atoms with Gasteiger partial charge in [-0.3, -0.25) is 9.59 Å². The van der Waals surface area contributed by atoms with Gasteiger partial charge in [0.25, 0.3) is 0 Å². The Bertz CT molecular complexity index is 826. The molecule has 0 aliphatic rings. The van der Waals surface area contributed by atoms with Gasteiger partial charge in [0.15, 0.2) is 0 Å². The number of carboxylic acid groups (broad SMARTS) is 1. The second kappa shape index (κ2) is 8.24. The molecule has 0 saturated heterocycles. The van der Waals surface area contributed by atoms with Gasteiger partial charge in [-0.1, -0.05) is 41.5 Å². The molecule has 0 heterocycles. The molecular formula is C20H20F3NO3. The van der Waals surface area contributed by atoms with Crippen LogP contribution in [0.15, 0.2) is 42.5 Å². The van der Waals surface area contributed by atoms with Gasteiger partial charge < -0.3 is 10.4 Å². The molecule has 0 aromatic heterocycles. The maximum atomic E-state index is 13.1. The van der Waals surface area contributed by atoms with Crippen molar-refractivity contribution in [2.45, 2.75) is 32.9 Å². The zero-order valence-electron chi connectivity index (χ0n) is 14.9. The summed E-state index contributed by atoms with van der Waals surface area (Å²) in [6.07, 6.45) is -4.98. The lowest BCUT2D eigenvalue weighted by Gasteiger charge is -2.18. The molecule has 0 fully saturated rings. The summed E-state index contributed by atoms with van der Waals surface area (Å²) in [5.74, 6) is -2.94. The van der Waals surface area contributed by atoms with Gasteiger partial charge in [0.05, 0.1) is 23.6 Å². The van der Waals surface area contributed by atoms with Crippen LogP contribution in [0.4, 0.5) is 18.9 Å². The highest BCUT2D eigenvalue weighted by Crippen LogP contribution is 2.34. The Hall–Kier alpha value is -2.83. The fraction of sp³-hybridized carbons (Fsp3) is 0.300. The molecule has 4 nitrogen and oxygen atoms in total. The molecule has 0 saturated carbocycles. The SMILES string of the molecule is Cc1cc(C)cc(CC(CC(=O)O)C(=O)Nc2ccccc2C(F)(F)F)c1. The van der Waals surface area contributed by atoms with Crippen molar-refractivity contribution in [2.24, 2.45) is 5.92 Å². The third-order valence-corrected chi connectivity index (χ3v) is 4.05. The van der Waals surface area contributed by atoms with E-state index in [-0.39, 0.29) is 12.1 Å². The number of alkyl halides is 3.